The predicted molar refractivity (Wildman–Crippen MR) is 268 cm³/mol. The van der Waals surface area contributed by atoms with E-state index in [1.54, 1.807) is 24.1 Å². The van der Waals surface area contributed by atoms with E-state index in [2.05, 4.69) is 60.8 Å². The lowest BCUT2D eigenvalue weighted by atomic mass is 9.91. The molecule has 0 aliphatic carbocycles. The molecule has 5 atom stereocenters. The number of hydrogen-bond acceptors (Lipinski definition) is 13. The summed E-state index contributed by atoms with van der Waals surface area (Å²) in [6.45, 7) is 8.24. The lowest BCUT2D eigenvalue weighted by molar-refractivity contribution is -0.266. The summed E-state index contributed by atoms with van der Waals surface area (Å²) in [7, 11) is 3.52. The minimum atomic E-state index is -1.05. The third-order valence-electron chi connectivity index (χ3n) is 16.0. The van der Waals surface area contributed by atoms with Crippen molar-refractivity contribution in [3.63, 3.8) is 0 Å². The van der Waals surface area contributed by atoms with Gasteiger partial charge in [0.15, 0.2) is 5.72 Å². The number of rotatable bonds is 16. The number of likely N-dealkylation sites (N-methyl/N-ethyl adjacent to an activating group) is 1. The van der Waals surface area contributed by atoms with Crippen molar-refractivity contribution >= 4 is 84.7 Å². The highest BCUT2D eigenvalue weighted by molar-refractivity contribution is 6.31. The van der Waals surface area contributed by atoms with Gasteiger partial charge < -0.3 is 47.9 Å². The zero-order valence-electron chi connectivity index (χ0n) is 41.1. The number of methoxy groups -OCH3 is 1. The van der Waals surface area contributed by atoms with Crippen LogP contribution in [0.15, 0.2) is 66.7 Å². The number of para-hydroxylation sites is 2. The molecule has 3 saturated heterocycles. The molecule has 6 aromatic rings. The molecule has 2 N–H and O–H groups in total. The van der Waals surface area contributed by atoms with Crippen LogP contribution in [0.25, 0.3) is 43.6 Å². The van der Waals surface area contributed by atoms with Crippen LogP contribution in [-0.2, 0) is 50.3 Å². The normalized spacial score (nSPS) is 23.8. The van der Waals surface area contributed by atoms with E-state index in [1.807, 2.05) is 37.4 Å². The quantitative estimate of drug-likeness (QED) is 0.103. The van der Waals surface area contributed by atoms with E-state index in [4.69, 9.17) is 23.7 Å². The van der Waals surface area contributed by atoms with Crippen molar-refractivity contribution in [1.29, 1.82) is 0 Å². The molecule has 0 saturated carbocycles. The molecule has 380 valence electrons. The molecule has 12 rings (SSSR count). The summed E-state index contributed by atoms with van der Waals surface area (Å²) in [5, 5.41) is 9.35. The number of nitrogens with zero attached hydrogens (tertiary/aromatic N) is 6. The van der Waals surface area contributed by atoms with Gasteiger partial charge in [-0.25, -0.2) is 0 Å². The van der Waals surface area contributed by atoms with Crippen molar-refractivity contribution in [3.8, 4) is 0 Å². The van der Waals surface area contributed by atoms with Crippen molar-refractivity contribution in [3.05, 3.63) is 89.0 Å². The van der Waals surface area contributed by atoms with Crippen LogP contribution in [0.5, 0.6) is 0 Å². The molecule has 8 heterocycles. The summed E-state index contributed by atoms with van der Waals surface area (Å²) < 4.78 is 35.8. The van der Waals surface area contributed by atoms with Crippen LogP contribution >= 0.6 is 0 Å². The minimum absolute atomic E-state index is 0.0710. The van der Waals surface area contributed by atoms with Crippen LogP contribution in [0.2, 0.25) is 0 Å². The van der Waals surface area contributed by atoms with Crippen molar-refractivity contribution < 1.29 is 52.5 Å². The number of piperazine rings is 1. The standard InChI is InChI=1S/C54H58N8O11/c1-54-49(69-3)39(29-42(73-54)60-35-12-6-4-9-31(35)45-46-34(30-55-51(46)66)43-32-10-5-7-13-36(32)62(54)48(43)47(45)60)57(2)41(64)17-23-70-25-27-72-28-26-71-24-22-58-18-20-59(21-19-58)37-14-8-11-33-44(37)53(68)61(52(33)67)38-15-16-40(63)56-50(38)65/h4-14,38-39,42,49H,15-30H2,1-3H3,(H,55,66)(H,56,63,65)/t38?,39-,42-,49-,54+/m1/s1. The van der Waals surface area contributed by atoms with Crippen molar-refractivity contribution in [2.75, 3.05) is 91.4 Å². The highest BCUT2D eigenvalue weighted by Crippen LogP contribution is 2.54. The molecule has 19 nitrogen and oxygen atoms in total. The number of benzene rings is 4. The molecule has 3 fully saturated rings. The maximum absolute atomic E-state index is 14.1. The molecule has 73 heavy (non-hydrogen) atoms. The fourth-order valence-electron chi connectivity index (χ4n) is 12.6. The summed E-state index contributed by atoms with van der Waals surface area (Å²) >= 11 is 0. The number of carbonyl (C=O) groups excluding carboxylic acids is 6. The van der Waals surface area contributed by atoms with E-state index in [0.717, 1.165) is 73.7 Å². The molecule has 6 aliphatic rings. The van der Waals surface area contributed by atoms with E-state index in [0.29, 0.717) is 75.9 Å². The maximum Gasteiger partial charge on any atom is 0.264 e. The average molecular weight is 995 g/mol. The number of aromatic nitrogens is 2. The highest BCUT2D eigenvalue weighted by Gasteiger charge is 2.55. The molecule has 1 unspecified atom stereocenters. The van der Waals surface area contributed by atoms with E-state index in [-0.39, 0.29) is 49.3 Å². The van der Waals surface area contributed by atoms with Gasteiger partial charge in [0.05, 0.1) is 96.5 Å². The first-order chi connectivity index (χ1) is 35.5. The Morgan fingerprint density at radius 1 is 0.795 bits per heavy atom. The number of carbonyl (C=O) groups is 6. The van der Waals surface area contributed by atoms with Gasteiger partial charge in [-0.05, 0) is 43.2 Å². The first-order valence-electron chi connectivity index (χ1n) is 25.3. The Hall–Kier alpha value is -6.74. The minimum Gasteiger partial charge on any atom is -0.379 e. The van der Waals surface area contributed by atoms with Gasteiger partial charge in [-0.3, -0.25) is 43.9 Å². The van der Waals surface area contributed by atoms with Crippen molar-refractivity contribution in [2.24, 2.45) is 0 Å². The Bertz CT molecular complexity index is 3290. The smallest absolute Gasteiger partial charge is 0.264 e. The Kier molecular flexibility index (Phi) is 12.1. The third-order valence-corrected chi connectivity index (χ3v) is 16.0. The number of piperidine rings is 1. The highest BCUT2D eigenvalue weighted by atomic mass is 16.6. The molecule has 2 bridgehead atoms. The number of nitrogens with one attached hydrogen (secondary N) is 2. The zero-order valence-corrected chi connectivity index (χ0v) is 41.1. The Balaban J connectivity index is 0.613. The molecular weight excluding hydrogens is 937 g/mol. The van der Waals surface area contributed by atoms with Crippen LogP contribution in [-0.4, -0.2) is 164 Å². The van der Waals surface area contributed by atoms with Gasteiger partial charge in [-0.2, -0.15) is 0 Å². The number of fused-ring (bicyclic) bond motifs is 14. The Morgan fingerprint density at radius 2 is 1.49 bits per heavy atom. The van der Waals surface area contributed by atoms with E-state index < -0.39 is 47.7 Å². The molecule has 2 aromatic heterocycles. The van der Waals surface area contributed by atoms with Crippen molar-refractivity contribution in [2.45, 2.75) is 69.3 Å². The van der Waals surface area contributed by atoms with E-state index in [9.17, 15) is 28.8 Å². The SMILES string of the molecule is CO[C@@H]1[C@H](N(C)C(=O)CCOCCOCCOCCN2CCN(c3cccc4c3C(=O)N(C3CCC(=O)NC3=O)C4=O)CC2)C[C@H]2O[C@]1(C)n1c3ccccc3c3c4c(c5c6ccccc6n2c5c31)C(=O)NC4. The predicted octanol–water partition coefficient (Wildman–Crippen LogP) is 4.26. The summed E-state index contributed by atoms with van der Waals surface area (Å²) in [5.41, 5.74) is 5.80. The fraction of sp³-hybridized carbons (Fsp3) is 0.444. The molecule has 4 aromatic carbocycles. The molecular formula is C54H58N8O11. The first-order valence-corrected chi connectivity index (χ1v) is 25.3. The lowest BCUT2D eigenvalue weighted by Crippen LogP contribution is -2.61. The monoisotopic (exact) mass is 994 g/mol. The number of hydrogen-bond donors (Lipinski definition) is 2. The van der Waals surface area contributed by atoms with Crippen LogP contribution in [0.4, 0.5) is 5.69 Å². The topological polar surface area (TPSA) is 195 Å². The average Bonchev–Trinajstić information content (AvgIpc) is 4.11. The largest absolute Gasteiger partial charge is 0.379 e. The Morgan fingerprint density at radius 3 is 2.23 bits per heavy atom. The first kappa shape index (κ1) is 47.3. The Labute approximate surface area is 420 Å². The van der Waals surface area contributed by atoms with Gasteiger partial charge in [0.25, 0.3) is 17.7 Å². The van der Waals surface area contributed by atoms with Crippen molar-refractivity contribution in [1.82, 2.24) is 34.5 Å². The van der Waals surface area contributed by atoms with Gasteiger partial charge in [0, 0.05) is 87.8 Å². The van der Waals surface area contributed by atoms with E-state index in [1.165, 1.54) is 0 Å². The lowest BCUT2D eigenvalue weighted by Gasteiger charge is -2.50. The van der Waals surface area contributed by atoms with Crippen LogP contribution in [0.3, 0.4) is 0 Å². The van der Waals surface area contributed by atoms with E-state index >= 15 is 0 Å². The van der Waals surface area contributed by atoms with Gasteiger partial charge in [-0.15, -0.1) is 0 Å². The number of amides is 6. The van der Waals surface area contributed by atoms with Crippen LogP contribution in [0, 0.1) is 0 Å². The molecule has 0 radical (unpaired) electrons. The number of ether oxygens (including phenoxy) is 5. The molecule has 6 amide bonds. The van der Waals surface area contributed by atoms with Gasteiger partial charge >= 0.3 is 0 Å². The van der Waals surface area contributed by atoms with Crippen LogP contribution in [0.1, 0.15) is 75.5 Å². The zero-order chi connectivity index (χ0) is 50.3. The summed E-state index contributed by atoms with van der Waals surface area (Å²) in [4.78, 5) is 86.2. The number of anilines is 1. The molecule has 0 spiro atoms. The second-order valence-corrected chi connectivity index (χ2v) is 19.9. The van der Waals surface area contributed by atoms with Crippen LogP contribution < -0.4 is 15.5 Å². The summed E-state index contributed by atoms with van der Waals surface area (Å²) in [5.74, 6) is -2.19. The summed E-state index contributed by atoms with van der Waals surface area (Å²) in [6.07, 6.45) is -0.213. The number of imide groups is 2. The fourth-order valence-corrected chi connectivity index (χ4v) is 12.6. The molecule has 19 heteroatoms. The second-order valence-electron chi connectivity index (χ2n) is 19.9. The van der Waals surface area contributed by atoms with Gasteiger partial charge in [-0.1, -0.05) is 42.5 Å². The summed E-state index contributed by atoms with van der Waals surface area (Å²) in [6, 6.07) is 20.3. The second kappa shape index (κ2) is 18.6. The third kappa shape index (κ3) is 7.53. The maximum atomic E-state index is 14.1. The van der Waals surface area contributed by atoms with Gasteiger partial charge in [0.1, 0.15) is 18.4 Å². The molecule has 6 aliphatic heterocycles. The van der Waals surface area contributed by atoms with Gasteiger partial charge in [0.2, 0.25) is 17.7 Å².